The van der Waals surface area contributed by atoms with Crippen LogP contribution >= 0.6 is 0 Å². The van der Waals surface area contributed by atoms with Gasteiger partial charge in [0.1, 0.15) is 5.75 Å². The molecule has 0 amide bonds. The Kier molecular flexibility index (Phi) is 6.13. The van der Waals surface area contributed by atoms with Crippen molar-refractivity contribution < 1.29 is 14.3 Å². The Bertz CT molecular complexity index is 633. The topological polar surface area (TPSA) is 35.5 Å². The van der Waals surface area contributed by atoms with Crippen molar-refractivity contribution >= 4 is 14.4 Å². The number of ether oxygens (including phenoxy) is 2. The number of hydrogen-bond acceptors (Lipinski definition) is 3. The van der Waals surface area contributed by atoms with Crippen LogP contribution in [0.25, 0.3) is 11.1 Å². The zero-order valence-electron chi connectivity index (χ0n) is 14.0. The van der Waals surface area contributed by atoms with Crippen molar-refractivity contribution in [3.63, 3.8) is 0 Å². The van der Waals surface area contributed by atoms with Crippen molar-refractivity contribution in [2.75, 3.05) is 13.4 Å². The first-order valence-electron chi connectivity index (χ1n) is 7.85. The number of carbonyl (C=O) groups excluding carboxylic acids is 1. The van der Waals surface area contributed by atoms with Crippen LogP contribution < -0.4 is 4.74 Å². The number of hydrogen-bond donors (Lipinski definition) is 0. The normalized spacial score (nSPS) is 11.3. The highest BCUT2D eigenvalue weighted by atomic mass is 28.3. The summed E-state index contributed by atoms with van der Waals surface area (Å²) >= 11 is 0. The van der Waals surface area contributed by atoms with Crippen LogP contribution in [0, 0.1) is 0 Å². The van der Waals surface area contributed by atoms with Crippen LogP contribution in [0.4, 0.5) is 0 Å². The van der Waals surface area contributed by atoms with Gasteiger partial charge in [0, 0.05) is 25.8 Å². The van der Waals surface area contributed by atoms with E-state index in [-0.39, 0.29) is 6.79 Å². The smallest absolute Gasteiger partial charge is 0.189 e. The predicted molar refractivity (Wildman–Crippen MR) is 96.9 cm³/mol. The maximum absolute atomic E-state index is 11.4. The number of aldehydes is 1. The minimum Gasteiger partial charge on any atom is -0.467 e. The molecule has 23 heavy (non-hydrogen) atoms. The molecule has 0 bridgehead atoms. The molecule has 0 aliphatic carbocycles. The van der Waals surface area contributed by atoms with E-state index in [4.69, 9.17) is 9.47 Å². The summed E-state index contributed by atoms with van der Waals surface area (Å²) in [7, 11) is -1.09. The van der Waals surface area contributed by atoms with Gasteiger partial charge in [-0.3, -0.25) is 4.79 Å². The van der Waals surface area contributed by atoms with Gasteiger partial charge in [-0.1, -0.05) is 62.1 Å². The number of carbonyl (C=O) groups is 1. The summed E-state index contributed by atoms with van der Waals surface area (Å²) in [5, 5.41) is 0. The zero-order chi connectivity index (χ0) is 16.7. The van der Waals surface area contributed by atoms with Gasteiger partial charge >= 0.3 is 0 Å². The average molecular weight is 328 g/mol. The van der Waals surface area contributed by atoms with E-state index in [0.717, 1.165) is 23.5 Å². The average Bonchev–Trinajstić information content (AvgIpc) is 2.54. The van der Waals surface area contributed by atoms with E-state index in [1.165, 1.54) is 0 Å². The number of rotatable bonds is 8. The molecule has 0 radical (unpaired) electrons. The third-order valence-electron chi connectivity index (χ3n) is 3.54. The van der Waals surface area contributed by atoms with E-state index in [9.17, 15) is 4.79 Å². The Balaban J connectivity index is 2.09. The molecule has 0 aromatic heterocycles. The molecule has 0 spiro atoms. The van der Waals surface area contributed by atoms with E-state index < -0.39 is 8.07 Å². The van der Waals surface area contributed by atoms with E-state index in [1.807, 2.05) is 42.5 Å². The Morgan fingerprint density at radius 2 is 1.74 bits per heavy atom. The lowest BCUT2D eigenvalue weighted by molar-refractivity contribution is 0.0223. The first-order valence-corrected chi connectivity index (χ1v) is 11.6. The lowest BCUT2D eigenvalue weighted by Crippen LogP contribution is -2.22. The van der Waals surface area contributed by atoms with Crippen molar-refractivity contribution in [3.8, 4) is 16.9 Å². The minimum absolute atomic E-state index is 0.201. The number of benzene rings is 2. The van der Waals surface area contributed by atoms with Gasteiger partial charge in [0.05, 0.1) is 0 Å². The fourth-order valence-electron chi connectivity index (χ4n) is 2.22. The Labute approximate surface area is 139 Å². The molecule has 2 aromatic carbocycles. The summed E-state index contributed by atoms with van der Waals surface area (Å²) in [6.45, 7) is 7.87. The molecule has 3 nitrogen and oxygen atoms in total. The molecule has 0 saturated heterocycles. The van der Waals surface area contributed by atoms with Gasteiger partial charge in [0.15, 0.2) is 13.1 Å². The van der Waals surface area contributed by atoms with Crippen LogP contribution in [0.3, 0.4) is 0 Å². The lowest BCUT2D eigenvalue weighted by Gasteiger charge is -2.17. The molecule has 0 atom stereocenters. The molecular formula is C19H24O3Si. The first-order chi connectivity index (χ1) is 11.0. The Morgan fingerprint density at radius 1 is 1.00 bits per heavy atom. The van der Waals surface area contributed by atoms with Crippen molar-refractivity contribution in [2.24, 2.45) is 0 Å². The maximum atomic E-state index is 11.4. The molecule has 0 heterocycles. The van der Waals surface area contributed by atoms with Gasteiger partial charge in [0.2, 0.25) is 0 Å². The predicted octanol–water partition coefficient (Wildman–Crippen LogP) is 4.86. The molecule has 0 saturated carbocycles. The fraction of sp³-hybridized carbons (Fsp3) is 0.316. The van der Waals surface area contributed by atoms with Crippen molar-refractivity contribution in [1.82, 2.24) is 0 Å². The molecule has 0 aliphatic rings. The highest BCUT2D eigenvalue weighted by Gasteiger charge is 2.13. The van der Waals surface area contributed by atoms with Crippen LogP contribution in [0.2, 0.25) is 25.7 Å². The van der Waals surface area contributed by atoms with Crippen molar-refractivity contribution in [1.29, 1.82) is 0 Å². The minimum atomic E-state index is -1.09. The largest absolute Gasteiger partial charge is 0.467 e. The zero-order valence-corrected chi connectivity index (χ0v) is 15.0. The first kappa shape index (κ1) is 17.4. The van der Waals surface area contributed by atoms with Crippen LogP contribution in [0.15, 0.2) is 48.5 Å². The Hall–Kier alpha value is -1.91. The molecule has 4 heteroatoms. The van der Waals surface area contributed by atoms with Gasteiger partial charge < -0.3 is 9.47 Å². The molecule has 0 unspecified atom stereocenters. The van der Waals surface area contributed by atoms with Gasteiger partial charge in [-0.25, -0.2) is 0 Å². The van der Waals surface area contributed by atoms with Gasteiger partial charge in [0.25, 0.3) is 0 Å². The second-order valence-corrected chi connectivity index (χ2v) is 12.3. The molecule has 2 rings (SSSR count). The quantitative estimate of drug-likeness (QED) is 0.300. The van der Waals surface area contributed by atoms with E-state index in [1.54, 1.807) is 6.07 Å². The fourth-order valence-corrected chi connectivity index (χ4v) is 2.98. The van der Waals surface area contributed by atoms with Crippen LogP contribution in [-0.2, 0) is 4.74 Å². The second-order valence-electron chi connectivity index (χ2n) is 6.69. The molecule has 0 N–H and O–H groups in total. The van der Waals surface area contributed by atoms with E-state index in [2.05, 4.69) is 19.6 Å². The summed E-state index contributed by atoms with van der Waals surface area (Å²) in [5.41, 5.74) is 2.40. The van der Waals surface area contributed by atoms with Crippen LogP contribution in [0.5, 0.6) is 5.75 Å². The summed E-state index contributed by atoms with van der Waals surface area (Å²) in [4.78, 5) is 11.4. The standard InChI is InChI=1S/C19H24O3Si/c1-23(2,3)13-12-21-15-22-18-11-7-10-17(14-20)19(18)16-8-5-4-6-9-16/h4-11,14H,12-13,15H2,1-3H3. The van der Waals surface area contributed by atoms with Crippen molar-refractivity contribution in [2.45, 2.75) is 25.7 Å². The molecular weight excluding hydrogens is 304 g/mol. The lowest BCUT2D eigenvalue weighted by atomic mass is 9.99. The van der Waals surface area contributed by atoms with Gasteiger partial charge in [-0.2, -0.15) is 0 Å². The molecule has 0 fully saturated rings. The van der Waals surface area contributed by atoms with Gasteiger partial charge in [-0.05, 0) is 17.7 Å². The summed E-state index contributed by atoms with van der Waals surface area (Å²) in [5.74, 6) is 0.675. The molecule has 122 valence electrons. The second kappa shape index (κ2) is 8.08. The Morgan fingerprint density at radius 3 is 2.39 bits per heavy atom. The monoisotopic (exact) mass is 328 g/mol. The van der Waals surface area contributed by atoms with E-state index >= 15 is 0 Å². The maximum Gasteiger partial charge on any atom is 0.189 e. The van der Waals surface area contributed by atoms with Gasteiger partial charge in [-0.15, -0.1) is 0 Å². The molecule has 0 aliphatic heterocycles. The van der Waals surface area contributed by atoms with Crippen LogP contribution in [0.1, 0.15) is 10.4 Å². The summed E-state index contributed by atoms with van der Waals surface area (Å²) in [6, 6.07) is 16.4. The molecule has 2 aromatic rings. The SMILES string of the molecule is C[Si](C)(C)CCOCOc1cccc(C=O)c1-c1ccccc1. The van der Waals surface area contributed by atoms with E-state index in [0.29, 0.717) is 17.9 Å². The summed E-state index contributed by atoms with van der Waals surface area (Å²) in [6.07, 6.45) is 0.862. The van der Waals surface area contributed by atoms with Crippen LogP contribution in [-0.4, -0.2) is 27.8 Å². The highest BCUT2D eigenvalue weighted by Crippen LogP contribution is 2.32. The highest BCUT2D eigenvalue weighted by molar-refractivity contribution is 6.76. The summed E-state index contributed by atoms with van der Waals surface area (Å²) < 4.78 is 11.4. The third kappa shape index (κ3) is 5.34. The van der Waals surface area contributed by atoms with Crippen molar-refractivity contribution in [3.05, 3.63) is 54.1 Å². The third-order valence-corrected chi connectivity index (χ3v) is 5.25.